The highest BCUT2D eigenvalue weighted by Crippen LogP contribution is 2.28. The molecule has 164 valence electrons. The van der Waals surface area contributed by atoms with Crippen molar-refractivity contribution in [2.75, 3.05) is 18.7 Å². The molecule has 31 heavy (non-hydrogen) atoms. The Morgan fingerprint density at radius 1 is 1.10 bits per heavy atom. The molecular formula is C21H23N3O5S2. The van der Waals surface area contributed by atoms with Gasteiger partial charge in [-0.05, 0) is 48.4 Å². The molecule has 0 bridgehead atoms. The first-order valence-electron chi connectivity index (χ1n) is 9.45. The predicted molar refractivity (Wildman–Crippen MR) is 120 cm³/mol. The lowest BCUT2D eigenvalue weighted by Gasteiger charge is -2.21. The zero-order chi connectivity index (χ0) is 22.8. The molecule has 1 aromatic heterocycles. The second-order valence-electron chi connectivity index (χ2n) is 7.33. The van der Waals surface area contributed by atoms with Gasteiger partial charge in [0.1, 0.15) is 11.8 Å². The SMILES string of the molecule is COc1ccc(C(=O)NC(C(=O)Nc2nc3ccc(S(C)(=O)=O)cc3s2)C(C)C)cc1. The van der Waals surface area contributed by atoms with Gasteiger partial charge in [-0.2, -0.15) is 0 Å². The van der Waals surface area contributed by atoms with E-state index in [-0.39, 0.29) is 16.7 Å². The van der Waals surface area contributed by atoms with Gasteiger partial charge in [-0.3, -0.25) is 9.59 Å². The number of amides is 2. The second-order valence-corrected chi connectivity index (χ2v) is 10.4. The molecule has 0 aliphatic rings. The first kappa shape index (κ1) is 22.7. The second kappa shape index (κ2) is 9.03. The van der Waals surface area contributed by atoms with E-state index in [1.165, 1.54) is 30.6 Å². The van der Waals surface area contributed by atoms with Gasteiger partial charge in [0.15, 0.2) is 15.0 Å². The third-order valence-electron chi connectivity index (χ3n) is 4.61. The van der Waals surface area contributed by atoms with Gasteiger partial charge < -0.3 is 15.4 Å². The molecule has 1 heterocycles. The maximum absolute atomic E-state index is 12.8. The van der Waals surface area contributed by atoms with E-state index in [9.17, 15) is 18.0 Å². The number of nitrogens with zero attached hydrogens (tertiary/aromatic N) is 1. The molecule has 3 aromatic rings. The van der Waals surface area contributed by atoms with E-state index < -0.39 is 21.8 Å². The molecule has 0 spiro atoms. The molecule has 0 saturated carbocycles. The Hall–Kier alpha value is -2.98. The summed E-state index contributed by atoms with van der Waals surface area (Å²) in [5, 5.41) is 5.82. The number of methoxy groups -OCH3 is 1. The van der Waals surface area contributed by atoms with Gasteiger partial charge in [-0.25, -0.2) is 13.4 Å². The maximum Gasteiger partial charge on any atom is 0.251 e. The molecule has 0 aliphatic heterocycles. The first-order valence-corrected chi connectivity index (χ1v) is 12.2. The average molecular weight is 462 g/mol. The largest absolute Gasteiger partial charge is 0.497 e. The van der Waals surface area contributed by atoms with Crippen molar-refractivity contribution in [3.05, 3.63) is 48.0 Å². The summed E-state index contributed by atoms with van der Waals surface area (Å²) in [5.41, 5.74) is 0.989. The fourth-order valence-corrected chi connectivity index (χ4v) is 4.50. The van der Waals surface area contributed by atoms with Gasteiger partial charge >= 0.3 is 0 Å². The van der Waals surface area contributed by atoms with E-state index in [1.807, 2.05) is 13.8 Å². The van der Waals surface area contributed by atoms with Gasteiger partial charge in [0, 0.05) is 11.8 Å². The minimum Gasteiger partial charge on any atom is -0.497 e. The number of fused-ring (bicyclic) bond motifs is 1. The number of carbonyl (C=O) groups excluding carboxylic acids is 2. The van der Waals surface area contributed by atoms with E-state index >= 15 is 0 Å². The van der Waals surface area contributed by atoms with E-state index in [1.54, 1.807) is 30.3 Å². The number of ether oxygens (including phenoxy) is 1. The van der Waals surface area contributed by atoms with Gasteiger partial charge in [0.2, 0.25) is 5.91 Å². The van der Waals surface area contributed by atoms with E-state index in [2.05, 4.69) is 15.6 Å². The summed E-state index contributed by atoms with van der Waals surface area (Å²) in [5.74, 6) is -0.323. The average Bonchev–Trinajstić information content (AvgIpc) is 3.12. The van der Waals surface area contributed by atoms with Crippen molar-refractivity contribution >= 4 is 48.3 Å². The quantitative estimate of drug-likeness (QED) is 0.559. The van der Waals surface area contributed by atoms with Gasteiger partial charge in [-0.1, -0.05) is 25.2 Å². The van der Waals surface area contributed by atoms with Crippen molar-refractivity contribution in [2.24, 2.45) is 5.92 Å². The van der Waals surface area contributed by atoms with Crippen molar-refractivity contribution in [3.63, 3.8) is 0 Å². The number of carbonyl (C=O) groups is 2. The van der Waals surface area contributed by atoms with Crippen molar-refractivity contribution in [1.82, 2.24) is 10.3 Å². The topological polar surface area (TPSA) is 114 Å². The molecule has 8 nitrogen and oxygen atoms in total. The van der Waals surface area contributed by atoms with E-state index in [4.69, 9.17) is 4.74 Å². The van der Waals surface area contributed by atoms with Crippen LogP contribution < -0.4 is 15.4 Å². The fraction of sp³-hybridized carbons (Fsp3) is 0.286. The summed E-state index contributed by atoms with van der Waals surface area (Å²) < 4.78 is 29.2. The monoisotopic (exact) mass is 461 g/mol. The summed E-state index contributed by atoms with van der Waals surface area (Å²) in [4.78, 5) is 30.0. The molecule has 2 aromatic carbocycles. The molecular weight excluding hydrogens is 438 g/mol. The van der Waals surface area contributed by atoms with Crippen LogP contribution in [0.1, 0.15) is 24.2 Å². The molecule has 0 saturated heterocycles. The predicted octanol–water partition coefficient (Wildman–Crippen LogP) is 3.10. The highest BCUT2D eigenvalue weighted by molar-refractivity contribution is 7.90. The zero-order valence-electron chi connectivity index (χ0n) is 17.5. The number of aromatic nitrogens is 1. The summed E-state index contributed by atoms with van der Waals surface area (Å²) >= 11 is 1.17. The van der Waals surface area contributed by atoms with Gasteiger partial charge in [0.05, 0.1) is 22.2 Å². The molecule has 2 N–H and O–H groups in total. The number of hydrogen-bond acceptors (Lipinski definition) is 7. The number of sulfone groups is 1. The lowest BCUT2D eigenvalue weighted by molar-refractivity contribution is -0.118. The van der Waals surface area contributed by atoms with E-state index in [0.717, 1.165) is 6.26 Å². The molecule has 10 heteroatoms. The molecule has 0 fully saturated rings. The molecule has 0 radical (unpaired) electrons. The van der Waals surface area contributed by atoms with E-state index in [0.29, 0.717) is 26.7 Å². The Bertz CT molecular complexity index is 1220. The lowest BCUT2D eigenvalue weighted by atomic mass is 10.0. The van der Waals surface area contributed by atoms with Crippen LogP contribution in [0.5, 0.6) is 5.75 Å². The number of thiazole rings is 1. The standard InChI is InChI=1S/C21H23N3O5S2/c1-12(2)18(23-19(25)13-5-7-14(29-3)8-6-13)20(26)24-21-22-16-10-9-15(31(4,27)28)11-17(16)30-21/h5-12,18H,1-4H3,(H,23,25)(H,22,24,26). The number of nitrogens with one attached hydrogen (secondary N) is 2. The minimum atomic E-state index is -3.34. The van der Waals surface area contributed by atoms with Crippen LogP contribution in [-0.2, 0) is 14.6 Å². The summed E-state index contributed by atoms with van der Waals surface area (Å²) in [6.07, 6.45) is 1.14. The number of rotatable bonds is 7. The Morgan fingerprint density at radius 2 is 1.77 bits per heavy atom. The smallest absolute Gasteiger partial charge is 0.251 e. The minimum absolute atomic E-state index is 0.173. The highest BCUT2D eigenvalue weighted by Gasteiger charge is 2.26. The first-order chi connectivity index (χ1) is 14.6. The van der Waals surface area contributed by atoms with Crippen LogP contribution in [-0.4, -0.2) is 44.6 Å². The van der Waals surface area contributed by atoms with Crippen molar-refractivity contribution in [3.8, 4) is 5.75 Å². The molecule has 3 rings (SSSR count). The number of anilines is 1. The Balaban J connectivity index is 1.76. The van der Waals surface area contributed by atoms with Crippen molar-refractivity contribution in [2.45, 2.75) is 24.8 Å². The number of benzene rings is 2. The third kappa shape index (κ3) is 5.39. The molecule has 1 unspecified atom stereocenters. The van der Waals surface area contributed by atoms with Crippen LogP contribution in [0.2, 0.25) is 0 Å². The van der Waals surface area contributed by atoms with Gasteiger partial charge in [-0.15, -0.1) is 0 Å². The van der Waals surface area contributed by atoms with Gasteiger partial charge in [0.25, 0.3) is 5.91 Å². The normalized spacial score (nSPS) is 12.5. The lowest BCUT2D eigenvalue weighted by Crippen LogP contribution is -2.47. The Morgan fingerprint density at radius 3 is 2.35 bits per heavy atom. The summed E-state index contributed by atoms with van der Waals surface area (Å²) in [6, 6.07) is 10.4. The highest BCUT2D eigenvalue weighted by atomic mass is 32.2. The zero-order valence-corrected chi connectivity index (χ0v) is 19.1. The summed E-state index contributed by atoms with van der Waals surface area (Å²) in [7, 11) is -1.80. The molecule has 0 aliphatic carbocycles. The van der Waals surface area contributed by atoms with Crippen LogP contribution in [0.15, 0.2) is 47.4 Å². The van der Waals surface area contributed by atoms with Crippen molar-refractivity contribution in [1.29, 1.82) is 0 Å². The Kier molecular flexibility index (Phi) is 6.61. The van der Waals surface area contributed by atoms with Crippen LogP contribution in [0.4, 0.5) is 5.13 Å². The summed E-state index contributed by atoms with van der Waals surface area (Å²) in [6.45, 7) is 3.66. The third-order valence-corrected chi connectivity index (χ3v) is 6.65. The van der Waals surface area contributed by atoms with Crippen LogP contribution >= 0.6 is 11.3 Å². The van der Waals surface area contributed by atoms with Crippen molar-refractivity contribution < 1.29 is 22.7 Å². The maximum atomic E-state index is 12.8. The Labute approximate surface area is 184 Å². The molecule has 2 amide bonds. The van der Waals surface area contributed by atoms with Crippen LogP contribution in [0, 0.1) is 5.92 Å². The van der Waals surface area contributed by atoms with Crippen LogP contribution in [0.3, 0.4) is 0 Å². The van der Waals surface area contributed by atoms with Crippen LogP contribution in [0.25, 0.3) is 10.2 Å². The number of hydrogen-bond donors (Lipinski definition) is 2. The molecule has 1 atom stereocenters. The fourth-order valence-electron chi connectivity index (χ4n) is 2.87.